The smallest absolute Gasteiger partial charge is 0.252 e. The van der Waals surface area contributed by atoms with Crippen LogP contribution in [0.3, 0.4) is 0 Å². The zero-order valence-electron chi connectivity index (χ0n) is 44.7. The molecule has 8 N–H and O–H groups in total. The topological polar surface area (TPSA) is 225 Å². The molecule has 4 aromatic carbocycles. The number of nitrogens with zero attached hydrogens (tertiary/aromatic N) is 6. The van der Waals surface area contributed by atoms with Crippen LogP contribution in [0.5, 0.6) is 11.5 Å². The number of rotatable bonds is 22. The van der Waals surface area contributed by atoms with Crippen molar-refractivity contribution < 1.29 is 28.7 Å². The van der Waals surface area contributed by atoms with E-state index in [0.717, 1.165) is 65.4 Å². The van der Waals surface area contributed by atoms with Crippen molar-refractivity contribution in [2.45, 2.75) is 58.4 Å². The van der Waals surface area contributed by atoms with E-state index >= 15 is 0 Å². The third-order valence-corrected chi connectivity index (χ3v) is 13.7. The van der Waals surface area contributed by atoms with Crippen molar-refractivity contribution in [2.75, 3.05) is 98.5 Å². The Morgan fingerprint density at radius 2 is 1.26 bits per heavy atom. The van der Waals surface area contributed by atoms with Crippen LogP contribution in [0.4, 0.5) is 11.4 Å². The van der Waals surface area contributed by atoms with Crippen molar-refractivity contribution in [1.82, 2.24) is 31.1 Å². The van der Waals surface area contributed by atoms with E-state index in [0.29, 0.717) is 57.0 Å². The minimum absolute atomic E-state index is 0.0255. The zero-order valence-corrected chi connectivity index (χ0v) is 44.7. The zero-order chi connectivity index (χ0) is 53.8. The predicted octanol–water partition coefficient (Wildman–Crippen LogP) is 4.61. The molecule has 2 heterocycles. The Morgan fingerprint density at radius 1 is 0.716 bits per heavy atom. The van der Waals surface area contributed by atoms with Crippen LogP contribution in [0.2, 0.25) is 0 Å². The molecule has 2 fully saturated rings. The quantitative estimate of drug-likeness (QED) is 0.0595. The molecular weight excluding hydrogens is 937 g/mol. The van der Waals surface area contributed by atoms with Crippen molar-refractivity contribution >= 4 is 58.6 Å². The SMILES string of the molecule is CNC1CN(c2ccc(C)c(C(=O)N[C@H](C)c3cc(OC)cc(C(C=NCC(=O)NCc4cc(C)c(C(=O)N[C@H](C)c5cc(OC)cc(C(C=NCC(=O)N(C)C)=CN)c5)cc4N4CC(N(C)C)C4)=CN)c3)c2)C1. The lowest BCUT2D eigenvalue weighted by Gasteiger charge is -2.45. The van der Waals surface area contributed by atoms with E-state index < -0.39 is 6.04 Å². The number of hydrogen-bond acceptors (Lipinski definition) is 14. The Bertz CT molecular complexity index is 2810. The molecule has 74 heavy (non-hydrogen) atoms. The van der Waals surface area contributed by atoms with Crippen molar-refractivity contribution in [1.29, 1.82) is 0 Å². The standard InChI is InChI=1S/C56H74N12O6/c1-34-12-13-46(67-30-45(31-67)59-5)21-50(34)55(71)63-36(3)38-15-40(19-48(17-38)73-10)43(23-57)25-60-28-53(69)62-27-42-14-35(2)51(22-52(42)68-32-47(33-68)65(6)7)56(72)64-37(4)39-16-41(20-49(18-39)74-11)44(24-58)26-61-29-54(70)66(8)9/h12-26,36-37,45,47,59H,27-33,57-58H2,1-11H3,(H,62,69)(H,63,71)(H,64,72)/t36-,37-/m1/s1. The summed E-state index contributed by atoms with van der Waals surface area (Å²) in [6, 6.07) is 21.0. The molecule has 0 bridgehead atoms. The number of nitrogens with one attached hydrogen (secondary N) is 4. The summed E-state index contributed by atoms with van der Waals surface area (Å²) in [6.07, 6.45) is 5.95. The fourth-order valence-corrected chi connectivity index (χ4v) is 8.64. The number of allylic oxidation sites excluding steroid dienone is 2. The van der Waals surface area contributed by atoms with Crippen LogP contribution in [0.1, 0.15) is 85.6 Å². The molecule has 18 nitrogen and oxygen atoms in total. The molecule has 6 rings (SSSR count). The molecule has 0 spiro atoms. The number of aliphatic imine (C=N–C) groups is 2. The number of nitrogens with two attached hydrogens (primary N) is 2. The van der Waals surface area contributed by atoms with Crippen molar-refractivity contribution in [2.24, 2.45) is 21.5 Å². The molecule has 4 aromatic rings. The number of hydrogen-bond donors (Lipinski definition) is 6. The highest BCUT2D eigenvalue weighted by Gasteiger charge is 2.31. The maximum atomic E-state index is 14.1. The second-order valence-corrected chi connectivity index (χ2v) is 19.3. The Morgan fingerprint density at radius 3 is 1.76 bits per heavy atom. The number of ether oxygens (including phenoxy) is 2. The van der Waals surface area contributed by atoms with Gasteiger partial charge in [0, 0.05) is 117 Å². The van der Waals surface area contributed by atoms with Crippen LogP contribution in [0, 0.1) is 13.8 Å². The van der Waals surface area contributed by atoms with Gasteiger partial charge in [0.2, 0.25) is 11.8 Å². The minimum atomic E-state index is -0.440. The highest BCUT2D eigenvalue weighted by molar-refractivity contribution is 6.11. The summed E-state index contributed by atoms with van der Waals surface area (Å²) in [5.41, 5.74) is 21.8. The number of anilines is 2. The molecule has 2 atom stereocenters. The molecule has 2 saturated heterocycles. The Hall–Kier alpha value is -7.70. The van der Waals surface area contributed by atoms with Crippen LogP contribution >= 0.6 is 0 Å². The summed E-state index contributed by atoms with van der Waals surface area (Å²) in [4.78, 5) is 70.2. The van der Waals surface area contributed by atoms with Gasteiger partial charge in [-0.1, -0.05) is 12.1 Å². The monoisotopic (exact) mass is 1010 g/mol. The maximum Gasteiger partial charge on any atom is 0.252 e. The highest BCUT2D eigenvalue weighted by Crippen LogP contribution is 2.32. The van der Waals surface area contributed by atoms with Crippen LogP contribution in [-0.2, 0) is 16.1 Å². The van der Waals surface area contributed by atoms with Crippen LogP contribution in [0.25, 0.3) is 11.1 Å². The Kier molecular flexibility index (Phi) is 19.0. The summed E-state index contributed by atoms with van der Waals surface area (Å²) in [6.45, 7) is 10.9. The number of carbonyl (C=O) groups excluding carboxylic acids is 4. The number of benzene rings is 4. The van der Waals surface area contributed by atoms with E-state index in [9.17, 15) is 19.2 Å². The summed E-state index contributed by atoms with van der Waals surface area (Å²) in [5, 5.41) is 12.6. The molecule has 18 heteroatoms. The first-order valence-corrected chi connectivity index (χ1v) is 24.7. The number of aryl methyl sites for hydroxylation is 2. The van der Waals surface area contributed by atoms with Gasteiger partial charge in [-0.2, -0.15) is 0 Å². The second kappa shape index (κ2) is 25.3. The third kappa shape index (κ3) is 13.9. The number of likely N-dealkylation sites (N-methyl/N-ethyl adjacent to an activating group) is 3. The average Bonchev–Trinajstić information content (AvgIpc) is 3.35. The number of methoxy groups -OCH3 is 2. The van der Waals surface area contributed by atoms with E-state index in [1.807, 2.05) is 110 Å². The summed E-state index contributed by atoms with van der Waals surface area (Å²) < 4.78 is 11.3. The van der Waals surface area contributed by atoms with Gasteiger partial charge in [0.05, 0.1) is 26.3 Å². The van der Waals surface area contributed by atoms with Gasteiger partial charge in [-0.15, -0.1) is 0 Å². The summed E-state index contributed by atoms with van der Waals surface area (Å²) >= 11 is 0. The first-order valence-electron chi connectivity index (χ1n) is 24.7. The van der Waals surface area contributed by atoms with Gasteiger partial charge in [-0.3, -0.25) is 29.2 Å². The van der Waals surface area contributed by atoms with E-state index in [1.165, 1.54) is 17.3 Å². The average molecular weight is 1010 g/mol. The summed E-state index contributed by atoms with van der Waals surface area (Å²) in [7, 11) is 12.5. The van der Waals surface area contributed by atoms with E-state index in [2.05, 4.69) is 52.0 Å². The molecule has 0 aromatic heterocycles. The normalized spacial score (nSPS) is 15.2. The van der Waals surface area contributed by atoms with Gasteiger partial charge < -0.3 is 61.8 Å². The Labute approximate surface area is 435 Å². The molecular formula is C56H74N12O6. The predicted molar refractivity (Wildman–Crippen MR) is 296 cm³/mol. The van der Waals surface area contributed by atoms with Crippen LogP contribution in [0.15, 0.2) is 89.1 Å². The molecule has 0 saturated carbocycles. The van der Waals surface area contributed by atoms with Gasteiger partial charge in [0.25, 0.3) is 11.8 Å². The van der Waals surface area contributed by atoms with Crippen molar-refractivity contribution in [3.63, 3.8) is 0 Å². The Balaban J connectivity index is 1.12. The maximum absolute atomic E-state index is 14.1. The van der Waals surface area contributed by atoms with E-state index in [-0.39, 0.29) is 49.3 Å². The molecule has 0 aliphatic carbocycles. The third-order valence-electron chi connectivity index (χ3n) is 13.7. The van der Waals surface area contributed by atoms with E-state index in [1.54, 1.807) is 40.7 Å². The lowest BCUT2D eigenvalue weighted by Crippen LogP contribution is -2.57. The largest absolute Gasteiger partial charge is 0.497 e. The lowest BCUT2D eigenvalue weighted by atomic mass is 9.97. The van der Waals surface area contributed by atoms with Crippen LogP contribution < -0.4 is 52.0 Å². The van der Waals surface area contributed by atoms with Gasteiger partial charge in [0.15, 0.2) is 0 Å². The number of amides is 4. The molecule has 2 aliphatic rings. The minimum Gasteiger partial charge on any atom is -0.497 e. The molecule has 0 unspecified atom stereocenters. The molecule has 0 radical (unpaired) electrons. The van der Waals surface area contributed by atoms with Crippen molar-refractivity contribution in [3.8, 4) is 11.5 Å². The molecule has 4 amide bonds. The summed E-state index contributed by atoms with van der Waals surface area (Å²) in [5.74, 6) is 0.246. The van der Waals surface area contributed by atoms with Gasteiger partial charge in [-0.05, 0) is 142 Å². The van der Waals surface area contributed by atoms with Gasteiger partial charge >= 0.3 is 0 Å². The van der Waals surface area contributed by atoms with Gasteiger partial charge in [0.1, 0.15) is 24.6 Å². The first-order chi connectivity index (χ1) is 35.4. The van der Waals surface area contributed by atoms with Gasteiger partial charge in [-0.25, -0.2) is 0 Å². The van der Waals surface area contributed by atoms with Crippen LogP contribution in [-0.4, -0.2) is 147 Å². The number of carbonyl (C=O) groups is 4. The van der Waals surface area contributed by atoms with E-state index in [4.69, 9.17) is 20.9 Å². The second-order valence-electron chi connectivity index (χ2n) is 19.3. The highest BCUT2D eigenvalue weighted by atomic mass is 16.5. The fraction of sp³-hybridized carbons (Fsp3) is 0.393. The molecule has 394 valence electrons. The lowest BCUT2D eigenvalue weighted by molar-refractivity contribution is -0.127. The molecule has 2 aliphatic heterocycles. The van der Waals surface area contributed by atoms with Crippen molar-refractivity contribution in [3.05, 3.63) is 129 Å². The fourth-order valence-electron chi connectivity index (χ4n) is 8.64. The first kappa shape index (κ1) is 55.6.